The average Bonchev–Trinajstić information content (AvgIpc) is 3.46. The Kier molecular flexibility index (Phi) is 18.0. The lowest BCUT2D eigenvalue weighted by Crippen LogP contribution is -2.52. The Balaban J connectivity index is 0.671. The molecule has 10 rings (SSSR count). The van der Waals surface area contributed by atoms with Gasteiger partial charge in [-0.2, -0.15) is 0 Å². The van der Waals surface area contributed by atoms with E-state index >= 15 is 0 Å². The first kappa shape index (κ1) is 59.1. The lowest BCUT2D eigenvalue weighted by Gasteiger charge is -2.31. The molecule has 0 spiro atoms. The van der Waals surface area contributed by atoms with E-state index in [1.807, 2.05) is 59.7 Å². The number of esters is 1. The van der Waals surface area contributed by atoms with Crippen LogP contribution in [-0.2, 0) is 84.3 Å². The number of imide groups is 1. The molecule has 9 N–H and O–H groups in total. The van der Waals surface area contributed by atoms with Gasteiger partial charge in [0.1, 0.15) is 26.0 Å². The second kappa shape index (κ2) is 26.2. The van der Waals surface area contributed by atoms with Crippen LogP contribution in [0.15, 0.2) is 120 Å². The van der Waals surface area contributed by atoms with Gasteiger partial charge in [0.05, 0.1) is 60.9 Å². The molecule has 4 aliphatic heterocycles. The van der Waals surface area contributed by atoms with E-state index in [0.29, 0.717) is 54.0 Å². The molecule has 8 amide bonds. The Bertz CT molecular complexity index is 3810. The zero-order valence-electron chi connectivity index (χ0n) is 46.8. The van der Waals surface area contributed by atoms with Gasteiger partial charge in [-0.15, -0.1) is 5.53 Å². The fourth-order valence-electron chi connectivity index (χ4n) is 10.6. The van der Waals surface area contributed by atoms with Crippen molar-refractivity contribution >= 4 is 86.3 Å². The van der Waals surface area contributed by atoms with Gasteiger partial charge in [0, 0.05) is 65.5 Å². The second-order valence-electron chi connectivity index (χ2n) is 20.9. The van der Waals surface area contributed by atoms with Gasteiger partial charge < -0.3 is 56.5 Å². The first-order valence-corrected chi connectivity index (χ1v) is 28.0. The number of nitrogens with zero attached hydrogens (tertiary/aromatic N) is 4. The summed E-state index contributed by atoms with van der Waals surface area (Å²) >= 11 is 0. The smallest absolute Gasteiger partial charge is 0.343 e. The van der Waals surface area contributed by atoms with Crippen LogP contribution in [0.5, 0.6) is 0 Å². The summed E-state index contributed by atoms with van der Waals surface area (Å²) in [5.41, 5.74) is 10.9. The average molecular weight is 1170 g/mol. The Labute approximate surface area is 491 Å². The lowest BCUT2D eigenvalue weighted by atomic mass is 9.86. The number of ether oxygens (including phenoxy) is 2. The van der Waals surface area contributed by atoms with Crippen molar-refractivity contribution in [2.24, 2.45) is 0 Å². The normalized spacial score (nSPS) is 15.9. The van der Waals surface area contributed by atoms with Crippen LogP contribution < -0.4 is 48.4 Å². The highest BCUT2D eigenvalue weighted by Crippen LogP contribution is 2.42. The number of aromatic nitrogens is 2. The van der Waals surface area contributed by atoms with Crippen molar-refractivity contribution in [2.75, 3.05) is 44.8 Å². The quantitative estimate of drug-likeness (QED) is 0.0129. The number of unbranched alkanes of at least 4 members (excludes halogenated alkanes) is 2. The Morgan fingerprint density at radius 2 is 1.50 bits per heavy atom. The standard InChI is InChI=1S/C61H62N12O13/c1-2-61(84)44-26-48-57-42(31-73(48)59(82)43(44)33-86-60(61)83)41(56-40-14-9-8-13-37(40)18-21-45(56)68-57)30-71-32-47(69-70-71)38-16-19-39(20-17-38)66-53(78)34-85-35-65-51(76)28-64-58(81)46(25-36-11-5-3-6-12-36)67-52(77)29-63-50(75)27-62-49(74)15-7-4-10-24-72-54(79)22-23-55(72)80/h3,5-6,8-9,11-14,16-23,26,32,46,69-70,84H,2,4,7,10,15,24-25,27-31,33-35H2,1H3,(H,62,74)(H,63,75)(H,64,81)(H,65,76)(H,66,78)(H,67,77)/t46-,61-/m0/s1. The van der Waals surface area contributed by atoms with E-state index in [-0.39, 0.29) is 74.2 Å². The largest absolute Gasteiger partial charge is 0.458 e. The van der Waals surface area contributed by atoms with Crippen LogP contribution in [0.2, 0.25) is 0 Å². The molecule has 4 aromatic carbocycles. The number of carbonyl (C=O) groups excluding carboxylic acids is 9. The number of hydrogen-bond donors (Lipinski definition) is 9. The summed E-state index contributed by atoms with van der Waals surface area (Å²) in [4.78, 5) is 133. The molecular formula is C61H62N12O13. The molecule has 0 fully saturated rings. The maximum Gasteiger partial charge on any atom is 0.343 e. The van der Waals surface area contributed by atoms with Crippen molar-refractivity contribution in [1.29, 1.82) is 0 Å². The number of benzene rings is 4. The number of nitrogens with one attached hydrogen (secondary N) is 8. The maximum atomic E-state index is 14.1. The van der Waals surface area contributed by atoms with Crippen molar-refractivity contribution in [3.05, 3.63) is 159 Å². The molecule has 444 valence electrons. The van der Waals surface area contributed by atoms with Gasteiger partial charge in [-0.3, -0.25) is 53.1 Å². The van der Waals surface area contributed by atoms with Crippen molar-refractivity contribution < 1.29 is 57.7 Å². The molecule has 2 atom stereocenters. The van der Waals surface area contributed by atoms with Crippen LogP contribution in [0, 0.1) is 0 Å². The van der Waals surface area contributed by atoms with E-state index < -0.39 is 79.3 Å². The molecule has 0 radical (unpaired) electrons. The molecule has 0 saturated carbocycles. The number of carbonyl (C=O) groups is 9. The number of aliphatic hydroxyl groups is 1. The van der Waals surface area contributed by atoms with Gasteiger partial charge in [-0.05, 0) is 65.4 Å². The number of hydrogen-bond acceptors (Lipinski definition) is 17. The van der Waals surface area contributed by atoms with Crippen LogP contribution in [-0.4, -0.2) is 123 Å². The highest BCUT2D eigenvalue weighted by Gasteiger charge is 2.46. The molecule has 4 aliphatic rings. The highest BCUT2D eigenvalue weighted by molar-refractivity contribution is 6.13. The zero-order valence-corrected chi connectivity index (χ0v) is 46.8. The van der Waals surface area contributed by atoms with Crippen LogP contribution in [0.3, 0.4) is 0 Å². The zero-order chi connectivity index (χ0) is 60.5. The third kappa shape index (κ3) is 13.3. The Hall–Kier alpha value is -10.1. The van der Waals surface area contributed by atoms with Gasteiger partial charge in [0.25, 0.3) is 17.4 Å². The molecule has 0 aliphatic carbocycles. The maximum absolute atomic E-state index is 14.1. The van der Waals surface area contributed by atoms with E-state index in [2.05, 4.69) is 42.9 Å². The minimum Gasteiger partial charge on any atom is -0.458 e. The van der Waals surface area contributed by atoms with Crippen molar-refractivity contribution in [3.8, 4) is 11.4 Å². The van der Waals surface area contributed by atoms with Gasteiger partial charge >= 0.3 is 5.97 Å². The van der Waals surface area contributed by atoms with Gasteiger partial charge in [-0.25, -0.2) is 9.78 Å². The van der Waals surface area contributed by atoms with Gasteiger partial charge in [0.2, 0.25) is 35.4 Å². The van der Waals surface area contributed by atoms with E-state index in [4.69, 9.17) is 14.5 Å². The third-order valence-corrected chi connectivity index (χ3v) is 15.2. The minimum atomic E-state index is -1.96. The second-order valence-corrected chi connectivity index (χ2v) is 20.9. The molecule has 0 saturated heterocycles. The summed E-state index contributed by atoms with van der Waals surface area (Å²) in [5.74, 6) is -5.08. The van der Waals surface area contributed by atoms with E-state index in [1.54, 1.807) is 60.0 Å². The summed E-state index contributed by atoms with van der Waals surface area (Å²) in [6.45, 7) is 0.0686. The molecule has 25 heteroatoms. The lowest BCUT2D eigenvalue weighted by molar-refractivity contribution is -0.172. The van der Waals surface area contributed by atoms with Crippen molar-refractivity contribution in [2.45, 2.75) is 76.8 Å². The first-order valence-electron chi connectivity index (χ1n) is 28.0. The molecule has 0 bridgehead atoms. The number of rotatable bonds is 25. The molecule has 2 aromatic heterocycles. The summed E-state index contributed by atoms with van der Waals surface area (Å²) in [5, 5.41) is 31.4. The van der Waals surface area contributed by atoms with Gasteiger partial charge in [0.15, 0.2) is 5.60 Å². The summed E-state index contributed by atoms with van der Waals surface area (Å²) < 4.78 is 12.3. The van der Waals surface area contributed by atoms with Crippen LogP contribution in [0.4, 0.5) is 5.69 Å². The fraction of sp³-hybridized carbons (Fsp3) is 0.295. The molecule has 6 heterocycles. The monoisotopic (exact) mass is 1170 g/mol. The molecule has 25 nitrogen and oxygen atoms in total. The highest BCUT2D eigenvalue weighted by atomic mass is 16.6. The number of cyclic esters (lactones) is 1. The van der Waals surface area contributed by atoms with Crippen molar-refractivity contribution in [1.82, 2.24) is 57.0 Å². The number of fused-ring (bicyclic) bond motifs is 7. The first-order chi connectivity index (χ1) is 41.6. The summed E-state index contributed by atoms with van der Waals surface area (Å²) in [6.07, 6.45) is 6.10. The molecule has 0 unspecified atom stereocenters. The predicted molar refractivity (Wildman–Crippen MR) is 311 cm³/mol. The third-order valence-electron chi connectivity index (χ3n) is 15.2. The molecule has 6 aromatic rings. The topological polar surface area (TPSA) is 330 Å². The SMILES string of the molecule is CC[C@@]1(O)C(=O)OCc2c1cc1n(c2=O)Cc2c-1nc1ccc3ccccc3c1c2CN1C=C(c2ccc(NC(=O)COCNC(=O)CNC(=O)[C@H](Cc3ccccc3)NC(=O)CNC(=O)CNC(=O)CCCCCN3C(=O)C=CC3=O)cc2)NN1. The Morgan fingerprint density at radius 3 is 2.28 bits per heavy atom. The summed E-state index contributed by atoms with van der Waals surface area (Å²) in [6, 6.07) is 28.4. The van der Waals surface area contributed by atoms with E-state index in [1.165, 1.54) is 12.2 Å². The number of amides is 8. The number of hydrazine groups is 2. The van der Waals surface area contributed by atoms with Gasteiger partial charge in [-0.1, -0.05) is 86.1 Å². The van der Waals surface area contributed by atoms with Crippen LogP contribution >= 0.6 is 0 Å². The van der Waals surface area contributed by atoms with Crippen molar-refractivity contribution in [3.63, 3.8) is 0 Å². The predicted octanol–water partition coefficient (Wildman–Crippen LogP) is 1.65. The van der Waals surface area contributed by atoms with E-state index in [9.17, 15) is 53.1 Å². The fourth-order valence-corrected chi connectivity index (χ4v) is 10.6. The minimum absolute atomic E-state index is 0.0250. The van der Waals surface area contributed by atoms with Crippen LogP contribution in [0.25, 0.3) is 38.8 Å². The Morgan fingerprint density at radius 1 is 0.779 bits per heavy atom. The summed E-state index contributed by atoms with van der Waals surface area (Å²) in [7, 11) is 0. The van der Waals surface area contributed by atoms with E-state index in [0.717, 1.165) is 43.4 Å². The number of anilines is 1. The molecular weight excluding hydrogens is 1110 g/mol. The number of pyridine rings is 2. The molecule has 86 heavy (non-hydrogen) atoms. The van der Waals surface area contributed by atoms with Crippen LogP contribution in [0.1, 0.15) is 72.4 Å².